The second-order valence-electron chi connectivity index (χ2n) is 3.57. The summed E-state index contributed by atoms with van der Waals surface area (Å²) < 4.78 is 0. The lowest BCUT2D eigenvalue weighted by Gasteiger charge is -2.11. The highest BCUT2D eigenvalue weighted by atomic mass is 32.1. The predicted octanol–water partition coefficient (Wildman–Crippen LogP) is 4.08. The molecule has 0 atom stereocenters. The minimum atomic E-state index is 1.08. The van der Waals surface area contributed by atoms with Crippen LogP contribution in [0, 0.1) is 5.41 Å². The van der Waals surface area contributed by atoms with Crippen LogP contribution in [0.15, 0.2) is 42.5 Å². The van der Waals surface area contributed by atoms with Gasteiger partial charge in [-0.25, -0.2) is 5.41 Å². The van der Waals surface area contributed by atoms with Crippen molar-refractivity contribution in [1.29, 1.82) is 5.41 Å². The Morgan fingerprint density at radius 3 is 2.56 bits per heavy atom. The Bertz CT molecular complexity index is 573. The average Bonchev–Trinajstić information content (AvgIpc) is 2.31. The maximum atomic E-state index is 5.77. The maximum absolute atomic E-state index is 5.77. The van der Waals surface area contributed by atoms with Crippen LogP contribution in [0.1, 0.15) is 11.1 Å². The molecule has 0 aromatic heterocycles. The number of thiocarbonyl (C=S) groups is 1. The van der Waals surface area contributed by atoms with Gasteiger partial charge in [-0.3, -0.25) is 0 Å². The first kappa shape index (κ1) is 10.7. The fraction of sp³-hybridized carbons (Fsp3) is 0.0714. The van der Waals surface area contributed by atoms with Crippen LogP contribution in [0.25, 0.3) is 16.8 Å². The van der Waals surface area contributed by atoms with Crippen molar-refractivity contribution in [3.8, 4) is 0 Å². The molecular weight excluding hydrogens is 214 g/mol. The molecule has 2 aromatic rings. The third-order valence-corrected chi connectivity index (χ3v) is 2.66. The molecule has 1 N–H and O–H groups in total. The minimum absolute atomic E-state index is 1.08. The summed E-state index contributed by atoms with van der Waals surface area (Å²) in [5, 5.41) is 10.2. The van der Waals surface area contributed by atoms with Crippen LogP contribution in [0.4, 0.5) is 0 Å². The molecule has 0 fully saturated rings. The van der Waals surface area contributed by atoms with E-state index in [2.05, 4.69) is 60.8 Å². The van der Waals surface area contributed by atoms with Crippen molar-refractivity contribution in [2.45, 2.75) is 6.42 Å². The van der Waals surface area contributed by atoms with Gasteiger partial charge in [0.25, 0.3) is 0 Å². The van der Waals surface area contributed by atoms with Crippen molar-refractivity contribution < 1.29 is 0 Å². The molecule has 78 valence electrons. The summed E-state index contributed by atoms with van der Waals surface area (Å²) in [6.07, 6.45) is 5.53. The van der Waals surface area contributed by atoms with Gasteiger partial charge in [-0.1, -0.05) is 48.6 Å². The van der Waals surface area contributed by atoms with Crippen molar-refractivity contribution in [3.05, 3.63) is 53.6 Å². The number of hydrogen-bond donors (Lipinski definition) is 1. The predicted molar refractivity (Wildman–Crippen MR) is 72.0 cm³/mol. The monoisotopic (exact) mass is 225 g/mol. The van der Waals surface area contributed by atoms with E-state index in [4.69, 9.17) is 5.41 Å². The lowest BCUT2D eigenvalue weighted by Crippen LogP contribution is -1.91. The molecule has 16 heavy (non-hydrogen) atoms. The molecule has 0 saturated heterocycles. The first-order valence-corrected chi connectivity index (χ1v) is 5.48. The smallest absolute Gasteiger partial charge is 0.0554 e. The van der Waals surface area contributed by atoms with E-state index in [-0.39, 0.29) is 0 Å². The summed E-state index contributed by atoms with van der Waals surface area (Å²) >= 11 is 3.81. The molecule has 2 aromatic carbocycles. The van der Waals surface area contributed by atoms with E-state index in [1.54, 1.807) is 5.16 Å². The van der Waals surface area contributed by atoms with Crippen molar-refractivity contribution >= 4 is 34.2 Å². The van der Waals surface area contributed by atoms with E-state index in [0.29, 0.717) is 0 Å². The summed E-state index contributed by atoms with van der Waals surface area (Å²) in [4.78, 5) is 0. The fourth-order valence-corrected chi connectivity index (χ4v) is 2.07. The van der Waals surface area contributed by atoms with Crippen LogP contribution in [0.3, 0.4) is 0 Å². The number of benzene rings is 2. The third-order valence-electron chi connectivity index (χ3n) is 2.66. The van der Waals surface area contributed by atoms with Crippen molar-refractivity contribution in [3.63, 3.8) is 0 Å². The van der Waals surface area contributed by atoms with Gasteiger partial charge >= 0.3 is 0 Å². The van der Waals surface area contributed by atoms with Crippen LogP contribution >= 0.6 is 12.2 Å². The van der Waals surface area contributed by atoms with Crippen molar-refractivity contribution in [2.24, 2.45) is 0 Å². The summed E-state index contributed by atoms with van der Waals surface area (Å²) in [5.41, 5.74) is 2.81. The number of isothiocyanates is 1. The SMILES string of the molecule is C1=Cc2cccc3cccc(c23)C1.N=C=S. The van der Waals surface area contributed by atoms with Gasteiger partial charge in [-0.2, -0.15) is 0 Å². The standard InChI is InChI=1S/C13H10.CHNS/c1-4-10-6-2-8-12-9-3-7-11(5-1)13(10)12;2-1-3/h1-8H,9H2;2H. The number of nitrogens with one attached hydrogen (secondary N) is 1. The fourth-order valence-electron chi connectivity index (χ4n) is 2.07. The molecule has 0 radical (unpaired) electrons. The van der Waals surface area contributed by atoms with Gasteiger partial charge in [0, 0.05) is 0 Å². The summed E-state index contributed by atoms with van der Waals surface area (Å²) in [5.74, 6) is 0. The Morgan fingerprint density at radius 1 is 1.12 bits per heavy atom. The molecule has 3 rings (SSSR count). The summed E-state index contributed by atoms with van der Waals surface area (Å²) in [7, 11) is 0. The number of rotatable bonds is 0. The zero-order chi connectivity index (χ0) is 11.4. The molecule has 2 heteroatoms. The molecule has 1 aliphatic rings. The first-order chi connectivity index (χ1) is 7.86. The van der Waals surface area contributed by atoms with Gasteiger partial charge in [0.1, 0.15) is 0 Å². The molecular formula is C14H11NS. The Balaban J connectivity index is 0.000000292. The second-order valence-corrected chi connectivity index (χ2v) is 3.78. The molecule has 0 amide bonds. The maximum Gasteiger partial charge on any atom is 0.0554 e. The molecule has 1 aliphatic carbocycles. The van der Waals surface area contributed by atoms with Crippen molar-refractivity contribution in [1.82, 2.24) is 0 Å². The highest BCUT2D eigenvalue weighted by Gasteiger charge is 2.06. The Labute approximate surface area is 99.9 Å². The third kappa shape index (κ3) is 1.94. The lowest BCUT2D eigenvalue weighted by molar-refractivity contribution is 1.29. The first-order valence-electron chi connectivity index (χ1n) is 5.08. The van der Waals surface area contributed by atoms with Gasteiger partial charge in [0.05, 0.1) is 5.16 Å². The topological polar surface area (TPSA) is 23.9 Å². The van der Waals surface area contributed by atoms with E-state index >= 15 is 0 Å². The van der Waals surface area contributed by atoms with E-state index in [0.717, 1.165) is 6.42 Å². The molecule has 0 saturated carbocycles. The van der Waals surface area contributed by atoms with Crippen LogP contribution in [0.2, 0.25) is 0 Å². The van der Waals surface area contributed by atoms with Crippen LogP contribution < -0.4 is 0 Å². The minimum Gasteiger partial charge on any atom is -0.248 e. The van der Waals surface area contributed by atoms with E-state index in [9.17, 15) is 0 Å². The average molecular weight is 225 g/mol. The van der Waals surface area contributed by atoms with Gasteiger partial charge in [-0.15, -0.1) is 0 Å². The normalized spacial score (nSPS) is 11.5. The zero-order valence-electron chi connectivity index (χ0n) is 8.73. The van der Waals surface area contributed by atoms with Gasteiger partial charge in [-0.05, 0) is 40.5 Å². The highest BCUT2D eigenvalue weighted by Crippen LogP contribution is 2.27. The molecule has 0 unspecified atom stereocenters. The van der Waals surface area contributed by atoms with Crippen molar-refractivity contribution in [2.75, 3.05) is 0 Å². The molecule has 1 nitrogen and oxygen atoms in total. The van der Waals surface area contributed by atoms with Gasteiger partial charge < -0.3 is 0 Å². The molecule has 0 bridgehead atoms. The van der Waals surface area contributed by atoms with E-state index in [1.807, 2.05) is 0 Å². The zero-order valence-corrected chi connectivity index (χ0v) is 9.55. The molecule has 0 spiro atoms. The Morgan fingerprint density at radius 2 is 1.81 bits per heavy atom. The molecule has 0 aliphatic heterocycles. The van der Waals surface area contributed by atoms with Crippen LogP contribution in [0.5, 0.6) is 0 Å². The Hall–Kier alpha value is -1.76. The van der Waals surface area contributed by atoms with E-state index < -0.39 is 0 Å². The van der Waals surface area contributed by atoms with E-state index in [1.165, 1.54) is 21.9 Å². The highest BCUT2D eigenvalue weighted by molar-refractivity contribution is 7.78. The molecule has 0 heterocycles. The number of hydrogen-bond acceptors (Lipinski definition) is 2. The lowest BCUT2D eigenvalue weighted by atomic mass is 9.93. The largest absolute Gasteiger partial charge is 0.248 e. The van der Waals surface area contributed by atoms with Gasteiger partial charge in [0.15, 0.2) is 0 Å². The number of allylic oxidation sites excluding steroid dienone is 1. The quantitative estimate of drug-likeness (QED) is 0.530. The van der Waals surface area contributed by atoms with Crippen LogP contribution in [-0.4, -0.2) is 5.16 Å². The van der Waals surface area contributed by atoms with Gasteiger partial charge in [0.2, 0.25) is 0 Å². The van der Waals surface area contributed by atoms with Crippen LogP contribution in [-0.2, 0) is 6.42 Å². The summed E-state index contributed by atoms with van der Waals surface area (Å²) in [6, 6.07) is 13.0. The Kier molecular flexibility index (Phi) is 3.25. The summed E-state index contributed by atoms with van der Waals surface area (Å²) in [6.45, 7) is 0. The second kappa shape index (κ2) is 4.84.